The minimum Gasteiger partial charge on any atom is -0.461 e. The van der Waals surface area contributed by atoms with E-state index in [2.05, 4.69) is 11.1 Å². The lowest BCUT2D eigenvalue weighted by molar-refractivity contribution is -0.150. The predicted octanol–water partition coefficient (Wildman–Crippen LogP) is 4.42. The largest absolute Gasteiger partial charge is 0.461 e. The van der Waals surface area contributed by atoms with Gasteiger partial charge >= 0.3 is 5.97 Å². The van der Waals surface area contributed by atoms with Gasteiger partial charge in [-0.15, -0.1) is 0 Å². The van der Waals surface area contributed by atoms with Crippen molar-refractivity contribution in [2.45, 2.75) is 53.1 Å². The summed E-state index contributed by atoms with van der Waals surface area (Å²) in [5, 5.41) is 10.3. The van der Waals surface area contributed by atoms with Gasteiger partial charge in [0.1, 0.15) is 16.9 Å². The molecule has 0 aliphatic carbocycles. The number of hydrogen-bond donors (Lipinski definition) is 0. The maximum absolute atomic E-state index is 13.1. The summed E-state index contributed by atoms with van der Waals surface area (Å²) in [5.74, 6) is -1.40. The number of fused-ring (bicyclic) bond motifs is 1. The van der Waals surface area contributed by atoms with Crippen LogP contribution in [0, 0.1) is 24.2 Å². The molecule has 0 saturated carbocycles. The zero-order valence-electron chi connectivity index (χ0n) is 17.5. The fourth-order valence-electron chi connectivity index (χ4n) is 3.70. The maximum atomic E-state index is 13.1. The van der Waals surface area contributed by atoms with Crippen molar-refractivity contribution in [1.29, 1.82) is 5.26 Å². The van der Waals surface area contributed by atoms with E-state index < -0.39 is 23.4 Å². The van der Waals surface area contributed by atoms with Crippen molar-refractivity contribution >= 4 is 22.7 Å². The monoisotopic (exact) mass is 392 g/mol. The quantitative estimate of drug-likeness (QED) is 0.706. The number of esters is 1. The molecule has 1 aliphatic rings. The average Bonchev–Trinajstić information content (AvgIpc) is 2.59. The van der Waals surface area contributed by atoms with Crippen molar-refractivity contribution in [3.8, 4) is 6.07 Å². The maximum Gasteiger partial charge on any atom is 0.337 e. The zero-order valence-corrected chi connectivity index (χ0v) is 17.5. The number of allylic oxidation sites excluding steroid dienone is 1. The molecule has 2 heterocycles. The molecule has 0 bridgehead atoms. The van der Waals surface area contributed by atoms with Gasteiger partial charge in [0.25, 0.3) is 0 Å². The Kier molecular flexibility index (Phi) is 5.18. The number of hydrogen-bond acceptors (Lipinski definition) is 6. The first-order valence-electron chi connectivity index (χ1n) is 9.45. The Hall–Kier alpha value is -3.20. The van der Waals surface area contributed by atoms with Crippen LogP contribution < -0.4 is 5.43 Å². The summed E-state index contributed by atoms with van der Waals surface area (Å²) in [6.07, 6.45) is 0. The molecule has 0 saturated heterocycles. The van der Waals surface area contributed by atoms with Crippen molar-refractivity contribution in [3.05, 3.63) is 57.1 Å². The highest BCUT2D eigenvalue weighted by molar-refractivity contribution is 5.99. The third-order valence-corrected chi connectivity index (χ3v) is 4.83. The zero-order chi connectivity index (χ0) is 21.5. The van der Waals surface area contributed by atoms with Crippen molar-refractivity contribution in [3.63, 3.8) is 0 Å². The van der Waals surface area contributed by atoms with Gasteiger partial charge < -0.3 is 9.15 Å². The molecule has 0 radical (unpaired) electrons. The van der Waals surface area contributed by atoms with Crippen LogP contribution in [0.3, 0.4) is 0 Å². The van der Waals surface area contributed by atoms with Gasteiger partial charge in [-0.3, -0.25) is 9.79 Å². The van der Waals surface area contributed by atoms with Crippen molar-refractivity contribution in [2.75, 3.05) is 0 Å². The van der Waals surface area contributed by atoms with Crippen LogP contribution in [0.25, 0.3) is 11.0 Å². The van der Waals surface area contributed by atoms with E-state index in [0.29, 0.717) is 39.3 Å². The first kappa shape index (κ1) is 20.5. The van der Waals surface area contributed by atoms with E-state index in [9.17, 15) is 14.9 Å². The number of benzene rings is 1. The van der Waals surface area contributed by atoms with Gasteiger partial charge in [0.05, 0.1) is 22.9 Å². The van der Waals surface area contributed by atoms with Crippen LogP contribution in [0.4, 0.5) is 0 Å². The van der Waals surface area contributed by atoms with Crippen molar-refractivity contribution < 1.29 is 13.9 Å². The molecule has 1 aliphatic heterocycles. The molecule has 1 aromatic carbocycles. The van der Waals surface area contributed by atoms with E-state index in [0.717, 1.165) is 0 Å². The summed E-state index contributed by atoms with van der Waals surface area (Å²) < 4.78 is 11.5. The van der Waals surface area contributed by atoms with E-state index >= 15 is 0 Å². The summed E-state index contributed by atoms with van der Waals surface area (Å²) >= 11 is 0. The fourth-order valence-corrected chi connectivity index (χ4v) is 3.70. The van der Waals surface area contributed by atoms with E-state index in [1.165, 1.54) is 6.07 Å². The second-order valence-electron chi connectivity index (χ2n) is 8.28. The number of aryl methyl sites for hydroxylation is 1. The van der Waals surface area contributed by atoms with Gasteiger partial charge in [-0.25, -0.2) is 4.79 Å². The Bertz CT molecular complexity index is 1160. The normalized spacial score (nSPS) is 19.7. The Morgan fingerprint density at radius 2 is 1.93 bits per heavy atom. The number of rotatable bonds is 2. The molecule has 29 heavy (non-hydrogen) atoms. The molecular weight excluding hydrogens is 368 g/mol. The van der Waals surface area contributed by atoms with Gasteiger partial charge in [0.2, 0.25) is 0 Å². The van der Waals surface area contributed by atoms with Crippen molar-refractivity contribution in [2.24, 2.45) is 10.9 Å². The molecule has 0 N–H and O–H groups in total. The standard InChI is InChI=1S/C23H24N2O4/c1-12-10-18(26)15-8-7-9-16(21(15)28-12)20-17(11-24)13(2)25-14(3)19(20)22(27)29-23(4,5)6/h7-10,17,20H,1-6H3. The molecule has 0 amide bonds. The number of nitrogens with zero attached hydrogens (tertiary/aromatic N) is 2. The van der Waals surface area contributed by atoms with Crippen LogP contribution >= 0.6 is 0 Å². The van der Waals surface area contributed by atoms with Crippen LogP contribution in [0.2, 0.25) is 0 Å². The Morgan fingerprint density at radius 1 is 1.24 bits per heavy atom. The van der Waals surface area contributed by atoms with Gasteiger partial charge in [-0.1, -0.05) is 12.1 Å². The van der Waals surface area contributed by atoms with Crippen LogP contribution in [0.15, 0.2) is 49.7 Å². The third kappa shape index (κ3) is 3.86. The van der Waals surface area contributed by atoms with Crippen LogP contribution in [0.1, 0.15) is 51.9 Å². The summed E-state index contributed by atoms with van der Waals surface area (Å²) in [6.45, 7) is 10.6. The molecule has 150 valence electrons. The Balaban J connectivity index is 2.31. The first-order valence-corrected chi connectivity index (χ1v) is 9.45. The number of para-hydroxylation sites is 1. The molecule has 0 fully saturated rings. The minimum absolute atomic E-state index is 0.167. The van der Waals surface area contributed by atoms with Gasteiger partial charge in [-0.2, -0.15) is 5.26 Å². The topological polar surface area (TPSA) is 92.7 Å². The molecule has 2 atom stereocenters. The number of ether oxygens (including phenoxy) is 1. The SMILES string of the molecule is CC1=NC(C)=C(C(=O)OC(C)(C)C)C(c2cccc3c(=O)cc(C)oc23)C1C#N. The summed E-state index contributed by atoms with van der Waals surface area (Å²) in [4.78, 5) is 30.0. The number of nitriles is 1. The molecule has 0 spiro atoms. The Labute approximate surface area is 169 Å². The molecular formula is C23H24N2O4. The Morgan fingerprint density at radius 3 is 2.55 bits per heavy atom. The molecule has 3 rings (SSSR count). The first-order chi connectivity index (χ1) is 13.5. The second-order valence-corrected chi connectivity index (χ2v) is 8.28. The molecule has 2 unspecified atom stereocenters. The minimum atomic E-state index is -0.699. The predicted molar refractivity (Wildman–Crippen MR) is 111 cm³/mol. The molecule has 2 aromatic rings. The highest BCUT2D eigenvalue weighted by Crippen LogP contribution is 2.42. The van der Waals surface area contributed by atoms with Gasteiger partial charge in [0, 0.05) is 29.0 Å². The third-order valence-electron chi connectivity index (χ3n) is 4.83. The molecule has 1 aromatic heterocycles. The lowest BCUT2D eigenvalue weighted by Gasteiger charge is -2.31. The highest BCUT2D eigenvalue weighted by atomic mass is 16.6. The molecule has 6 nitrogen and oxygen atoms in total. The van der Waals surface area contributed by atoms with Crippen LogP contribution in [0.5, 0.6) is 0 Å². The summed E-state index contributed by atoms with van der Waals surface area (Å²) in [6, 6.07) is 8.90. The average molecular weight is 392 g/mol. The smallest absolute Gasteiger partial charge is 0.337 e. The summed E-state index contributed by atoms with van der Waals surface area (Å²) in [7, 11) is 0. The van der Waals surface area contributed by atoms with E-state index in [1.807, 2.05) is 0 Å². The van der Waals surface area contributed by atoms with Gasteiger partial charge in [-0.05, 0) is 47.6 Å². The second kappa shape index (κ2) is 7.32. The highest BCUT2D eigenvalue weighted by Gasteiger charge is 2.40. The van der Waals surface area contributed by atoms with Crippen LogP contribution in [-0.4, -0.2) is 17.3 Å². The molecule has 6 heteroatoms. The van der Waals surface area contributed by atoms with E-state index in [-0.39, 0.29) is 5.43 Å². The van der Waals surface area contributed by atoms with Crippen LogP contribution in [-0.2, 0) is 9.53 Å². The number of aliphatic imine (C=N–C) groups is 1. The van der Waals surface area contributed by atoms with Gasteiger partial charge in [0.15, 0.2) is 5.43 Å². The number of carbonyl (C=O) groups excluding carboxylic acids is 1. The van der Waals surface area contributed by atoms with E-state index in [4.69, 9.17) is 9.15 Å². The fraction of sp³-hybridized carbons (Fsp3) is 0.391. The number of carbonyl (C=O) groups is 1. The lowest BCUT2D eigenvalue weighted by atomic mass is 9.76. The van der Waals surface area contributed by atoms with E-state index in [1.54, 1.807) is 59.7 Å². The summed E-state index contributed by atoms with van der Waals surface area (Å²) in [5.41, 5.74) is 1.54. The lowest BCUT2D eigenvalue weighted by Crippen LogP contribution is -2.33. The van der Waals surface area contributed by atoms with Crippen molar-refractivity contribution in [1.82, 2.24) is 0 Å².